The first kappa shape index (κ1) is 20.3. The van der Waals surface area contributed by atoms with Gasteiger partial charge < -0.3 is 14.6 Å². The van der Waals surface area contributed by atoms with Crippen molar-refractivity contribution in [2.75, 3.05) is 13.1 Å². The average molecular weight is 431 g/mol. The normalized spacial score (nSPS) is 21.6. The molecule has 2 aliphatic rings. The third kappa shape index (κ3) is 3.34. The van der Waals surface area contributed by atoms with E-state index >= 15 is 0 Å². The van der Waals surface area contributed by atoms with Gasteiger partial charge in [-0.2, -0.15) is 0 Å². The molecule has 32 heavy (non-hydrogen) atoms. The van der Waals surface area contributed by atoms with Crippen LogP contribution >= 0.6 is 0 Å². The average Bonchev–Trinajstić information content (AvgIpc) is 3.33. The van der Waals surface area contributed by atoms with E-state index in [0.29, 0.717) is 30.1 Å². The summed E-state index contributed by atoms with van der Waals surface area (Å²) in [5.74, 6) is -0.0480. The van der Waals surface area contributed by atoms with Crippen molar-refractivity contribution < 1.29 is 18.8 Å². The summed E-state index contributed by atoms with van der Waals surface area (Å²) in [6, 6.07) is 12.7. The molecule has 0 aliphatic carbocycles. The van der Waals surface area contributed by atoms with E-state index < -0.39 is 17.5 Å². The SMILES string of the molecule is Cc1ccc2c(C3CCN(C(=O)c4ccc(C5(C)NC(=O)NC5=O)cc4)CC3)coc2c1. The zero-order valence-corrected chi connectivity index (χ0v) is 18.1. The maximum atomic E-state index is 13.0. The summed E-state index contributed by atoms with van der Waals surface area (Å²) in [5, 5.41) is 6.05. The first-order valence-corrected chi connectivity index (χ1v) is 10.9. The Morgan fingerprint density at radius 2 is 1.81 bits per heavy atom. The maximum absolute atomic E-state index is 13.0. The molecule has 2 saturated heterocycles. The van der Waals surface area contributed by atoms with Crippen molar-refractivity contribution in [3.63, 3.8) is 0 Å². The fraction of sp³-hybridized carbons (Fsp3) is 0.320. The number of benzene rings is 2. The minimum atomic E-state index is -1.12. The minimum absolute atomic E-state index is 0.0206. The van der Waals surface area contributed by atoms with Crippen LogP contribution in [0.2, 0.25) is 0 Å². The third-order valence-electron chi connectivity index (χ3n) is 6.74. The molecule has 0 saturated carbocycles. The smallest absolute Gasteiger partial charge is 0.322 e. The molecule has 3 heterocycles. The van der Waals surface area contributed by atoms with Crippen LogP contribution in [0.4, 0.5) is 4.79 Å². The molecule has 3 aromatic rings. The standard InChI is InChI=1S/C25H25N3O4/c1-15-3-8-19-20(14-32-21(19)13-15)16-9-11-28(12-10-16)22(29)17-4-6-18(7-5-17)25(2)23(30)26-24(31)27-25/h3-8,13-14,16H,9-12H2,1-2H3,(H2,26,27,30,31). The lowest BCUT2D eigenvalue weighted by Crippen LogP contribution is -2.40. The Morgan fingerprint density at radius 1 is 1.09 bits per heavy atom. The van der Waals surface area contributed by atoms with Crippen LogP contribution in [0.1, 0.15) is 52.7 Å². The number of furan rings is 1. The van der Waals surface area contributed by atoms with Gasteiger partial charge in [0.1, 0.15) is 11.1 Å². The van der Waals surface area contributed by atoms with E-state index in [1.807, 2.05) is 11.2 Å². The minimum Gasteiger partial charge on any atom is -0.464 e. The van der Waals surface area contributed by atoms with Crippen LogP contribution in [0.25, 0.3) is 11.0 Å². The number of piperidine rings is 1. The third-order valence-corrected chi connectivity index (χ3v) is 6.74. The molecule has 2 aliphatic heterocycles. The first-order chi connectivity index (χ1) is 15.3. The molecule has 7 nitrogen and oxygen atoms in total. The van der Waals surface area contributed by atoms with Crippen molar-refractivity contribution in [1.82, 2.24) is 15.5 Å². The summed E-state index contributed by atoms with van der Waals surface area (Å²) in [6.07, 6.45) is 3.64. The van der Waals surface area contributed by atoms with Crippen molar-refractivity contribution in [3.05, 3.63) is 71.0 Å². The number of carbonyl (C=O) groups excluding carboxylic acids is 3. The Balaban J connectivity index is 1.26. The van der Waals surface area contributed by atoms with Crippen molar-refractivity contribution in [2.45, 2.75) is 38.1 Å². The van der Waals surface area contributed by atoms with Crippen LogP contribution in [-0.4, -0.2) is 35.8 Å². The Kier molecular flexibility index (Phi) is 4.77. The monoisotopic (exact) mass is 431 g/mol. The number of urea groups is 1. The van der Waals surface area contributed by atoms with E-state index in [0.717, 1.165) is 23.8 Å². The topological polar surface area (TPSA) is 91.7 Å². The quantitative estimate of drug-likeness (QED) is 0.617. The molecular formula is C25H25N3O4. The second-order valence-corrected chi connectivity index (χ2v) is 8.87. The van der Waals surface area contributed by atoms with Gasteiger partial charge in [-0.15, -0.1) is 0 Å². The number of fused-ring (bicyclic) bond motifs is 1. The van der Waals surface area contributed by atoms with Crippen LogP contribution < -0.4 is 10.6 Å². The van der Waals surface area contributed by atoms with Gasteiger partial charge in [-0.05, 0) is 61.9 Å². The number of amides is 4. The lowest BCUT2D eigenvalue weighted by molar-refractivity contribution is -0.123. The molecule has 2 fully saturated rings. The summed E-state index contributed by atoms with van der Waals surface area (Å²) in [7, 11) is 0. The molecular weight excluding hydrogens is 406 g/mol. The molecule has 2 aromatic carbocycles. The summed E-state index contributed by atoms with van der Waals surface area (Å²) >= 11 is 0. The predicted molar refractivity (Wildman–Crippen MR) is 119 cm³/mol. The fourth-order valence-electron chi connectivity index (χ4n) is 4.74. The van der Waals surface area contributed by atoms with Crippen LogP contribution in [0, 0.1) is 6.92 Å². The molecule has 4 amide bonds. The zero-order chi connectivity index (χ0) is 22.5. The van der Waals surface area contributed by atoms with Crippen LogP contribution in [0.3, 0.4) is 0 Å². The number of imide groups is 1. The van der Waals surface area contributed by atoms with E-state index in [1.54, 1.807) is 31.2 Å². The van der Waals surface area contributed by atoms with E-state index in [2.05, 4.69) is 35.8 Å². The Labute approximate surface area is 185 Å². The summed E-state index contributed by atoms with van der Waals surface area (Å²) < 4.78 is 5.77. The number of likely N-dealkylation sites (tertiary alicyclic amines) is 1. The highest BCUT2D eigenvalue weighted by Crippen LogP contribution is 2.35. The molecule has 2 N–H and O–H groups in total. The largest absolute Gasteiger partial charge is 0.464 e. The first-order valence-electron chi connectivity index (χ1n) is 10.9. The number of nitrogens with one attached hydrogen (secondary N) is 2. The highest BCUT2D eigenvalue weighted by Gasteiger charge is 2.43. The molecule has 1 unspecified atom stereocenters. The fourth-order valence-corrected chi connectivity index (χ4v) is 4.74. The highest BCUT2D eigenvalue weighted by molar-refractivity contribution is 6.07. The van der Waals surface area contributed by atoms with Crippen molar-refractivity contribution in [3.8, 4) is 0 Å². The van der Waals surface area contributed by atoms with Gasteiger partial charge in [-0.25, -0.2) is 4.79 Å². The molecule has 0 radical (unpaired) electrons. The van der Waals surface area contributed by atoms with Crippen LogP contribution in [0.5, 0.6) is 0 Å². The number of rotatable bonds is 3. The number of aryl methyl sites for hydroxylation is 1. The number of nitrogens with zero attached hydrogens (tertiary/aromatic N) is 1. The highest BCUT2D eigenvalue weighted by atomic mass is 16.3. The summed E-state index contributed by atoms with van der Waals surface area (Å²) in [5.41, 5.74) is 3.40. The second-order valence-electron chi connectivity index (χ2n) is 8.87. The van der Waals surface area contributed by atoms with Gasteiger partial charge in [0, 0.05) is 29.6 Å². The van der Waals surface area contributed by atoms with Gasteiger partial charge in [-0.3, -0.25) is 14.9 Å². The molecule has 5 rings (SSSR count). The molecule has 0 bridgehead atoms. The molecule has 1 aromatic heterocycles. The predicted octanol–water partition coefficient (Wildman–Crippen LogP) is 3.82. The van der Waals surface area contributed by atoms with E-state index in [-0.39, 0.29) is 5.91 Å². The van der Waals surface area contributed by atoms with Gasteiger partial charge >= 0.3 is 6.03 Å². The number of carbonyl (C=O) groups is 3. The summed E-state index contributed by atoms with van der Waals surface area (Å²) in [4.78, 5) is 38.5. The molecule has 164 valence electrons. The Bertz CT molecular complexity index is 1220. The van der Waals surface area contributed by atoms with Gasteiger partial charge in [-0.1, -0.05) is 24.3 Å². The maximum Gasteiger partial charge on any atom is 0.322 e. The van der Waals surface area contributed by atoms with E-state index in [9.17, 15) is 14.4 Å². The van der Waals surface area contributed by atoms with Crippen molar-refractivity contribution in [1.29, 1.82) is 0 Å². The number of hydrogen-bond donors (Lipinski definition) is 2. The molecule has 1 atom stereocenters. The van der Waals surface area contributed by atoms with Crippen LogP contribution in [0.15, 0.2) is 53.1 Å². The second kappa shape index (κ2) is 7.51. The van der Waals surface area contributed by atoms with Gasteiger partial charge in [0.05, 0.1) is 6.26 Å². The summed E-state index contributed by atoms with van der Waals surface area (Å²) in [6.45, 7) is 5.06. The molecule has 7 heteroatoms. The van der Waals surface area contributed by atoms with Gasteiger partial charge in [0.25, 0.3) is 11.8 Å². The van der Waals surface area contributed by atoms with Crippen LogP contribution in [-0.2, 0) is 10.3 Å². The van der Waals surface area contributed by atoms with E-state index in [4.69, 9.17) is 4.42 Å². The lowest BCUT2D eigenvalue weighted by Gasteiger charge is -2.32. The van der Waals surface area contributed by atoms with E-state index in [1.165, 1.54) is 11.1 Å². The van der Waals surface area contributed by atoms with Crippen molar-refractivity contribution in [2.24, 2.45) is 0 Å². The van der Waals surface area contributed by atoms with Crippen molar-refractivity contribution >= 4 is 28.8 Å². The zero-order valence-electron chi connectivity index (χ0n) is 18.1. The van der Waals surface area contributed by atoms with Gasteiger partial charge in [0.2, 0.25) is 0 Å². The number of hydrogen-bond acceptors (Lipinski definition) is 4. The Hall–Kier alpha value is -3.61. The molecule has 0 spiro atoms. The Morgan fingerprint density at radius 3 is 2.47 bits per heavy atom. The lowest BCUT2D eigenvalue weighted by atomic mass is 9.88. The van der Waals surface area contributed by atoms with Gasteiger partial charge in [0.15, 0.2) is 0 Å².